The number of aromatic nitrogens is 1. The summed E-state index contributed by atoms with van der Waals surface area (Å²) >= 11 is 0. The lowest BCUT2D eigenvalue weighted by atomic mass is 10.0. The van der Waals surface area contributed by atoms with Crippen LogP contribution in [0.25, 0.3) is 10.8 Å². The summed E-state index contributed by atoms with van der Waals surface area (Å²) in [5, 5.41) is 7.74. The molecule has 1 fully saturated rings. The van der Waals surface area contributed by atoms with Crippen molar-refractivity contribution in [3.05, 3.63) is 46.4 Å². The molecule has 3 N–H and O–H groups in total. The third-order valence-corrected chi connectivity index (χ3v) is 3.96. The first-order valence-electron chi connectivity index (χ1n) is 7.30. The van der Waals surface area contributed by atoms with Crippen molar-refractivity contribution in [2.45, 2.75) is 31.8 Å². The fourth-order valence-corrected chi connectivity index (χ4v) is 2.86. The van der Waals surface area contributed by atoms with E-state index in [1.165, 1.54) is 0 Å². The summed E-state index contributed by atoms with van der Waals surface area (Å²) in [7, 11) is 0. The number of benzene rings is 1. The number of rotatable bonds is 2. The normalized spacial score (nSPS) is 21.1. The molecular weight excluding hydrogens is 302 g/mol. The molecule has 5 nitrogen and oxygen atoms in total. The standard InChI is InChI=1S/C16H19N3O2.ClH/c1-10-8-12(6-7-17-10)18-16(21)14-9-11-4-2-3-5-13(11)15(20)19-14;/h2-5,9-10,12,17H,6-8H2,1H3,(H,18,21)(H,19,20);1H. The topological polar surface area (TPSA) is 74.0 Å². The lowest BCUT2D eigenvalue weighted by Gasteiger charge is -2.28. The first-order valence-corrected chi connectivity index (χ1v) is 7.30. The number of carbonyl (C=O) groups is 1. The van der Waals surface area contributed by atoms with Crippen molar-refractivity contribution < 1.29 is 4.79 Å². The van der Waals surface area contributed by atoms with E-state index >= 15 is 0 Å². The Labute approximate surface area is 134 Å². The number of aromatic amines is 1. The maximum Gasteiger partial charge on any atom is 0.268 e. The third kappa shape index (κ3) is 3.48. The number of halogens is 1. The molecule has 2 aromatic rings. The van der Waals surface area contributed by atoms with Gasteiger partial charge in [-0.1, -0.05) is 18.2 Å². The molecule has 1 amide bonds. The summed E-state index contributed by atoms with van der Waals surface area (Å²) in [4.78, 5) is 27.0. The Hall–Kier alpha value is -1.85. The van der Waals surface area contributed by atoms with Crippen LogP contribution in [0.15, 0.2) is 35.1 Å². The van der Waals surface area contributed by atoms with Gasteiger partial charge < -0.3 is 15.6 Å². The van der Waals surface area contributed by atoms with Crippen LogP contribution in [0.5, 0.6) is 0 Å². The van der Waals surface area contributed by atoms with Crippen LogP contribution in [0, 0.1) is 0 Å². The zero-order valence-electron chi connectivity index (χ0n) is 12.4. The summed E-state index contributed by atoms with van der Waals surface area (Å²) in [6.07, 6.45) is 1.82. The van der Waals surface area contributed by atoms with E-state index in [4.69, 9.17) is 0 Å². The van der Waals surface area contributed by atoms with Gasteiger partial charge in [0.05, 0.1) is 0 Å². The quantitative estimate of drug-likeness (QED) is 0.790. The molecule has 1 aliphatic rings. The second kappa shape index (κ2) is 6.94. The van der Waals surface area contributed by atoms with Crippen molar-refractivity contribution in [2.24, 2.45) is 0 Å². The zero-order valence-corrected chi connectivity index (χ0v) is 13.2. The molecule has 0 radical (unpaired) electrons. The van der Waals surface area contributed by atoms with Gasteiger partial charge >= 0.3 is 0 Å². The number of hydrogen-bond donors (Lipinski definition) is 3. The molecule has 6 heteroatoms. The van der Waals surface area contributed by atoms with Gasteiger partial charge in [0.1, 0.15) is 5.69 Å². The minimum atomic E-state index is -0.225. The minimum Gasteiger partial charge on any atom is -0.348 e. The zero-order chi connectivity index (χ0) is 14.8. The van der Waals surface area contributed by atoms with Crippen LogP contribution in [0.3, 0.4) is 0 Å². The van der Waals surface area contributed by atoms with Crippen molar-refractivity contribution in [1.82, 2.24) is 15.6 Å². The van der Waals surface area contributed by atoms with Crippen molar-refractivity contribution in [3.8, 4) is 0 Å². The number of hydrogen-bond acceptors (Lipinski definition) is 3. The van der Waals surface area contributed by atoms with Gasteiger partial charge in [0.15, 0.2) is 0 Å². The van der Waals surface area contributed by atoms with Crippen LogP contribution in [-0.2, 0) is 0 Å². The maximum absolute atomic E-state index is 12.3. The number of fused-ring (bicyclic) bond motifs is 1. The van der Waals surface area contributed by atoms with Gasteiger partial charge in [-0.05, 0) is 43.8 Å². The van der Waals surface area contributed by atoms with Crippen molar-refractivity contribution >= 4 is 29.1 Å². The van der Waals surface area contributed by atoms with E-state index in [0.29, 0.717) is 17.1 Å². The summed E-state index contributed by atoms with van der Waals surface area (Å²) in [5.41, 5.74) is 0.0989. The third-order valence-electron chi connectivity index (χ3n) is 3.96. The van der Waals surface area contributed by atoms with Crippen LogP contribution >= 0.6 is 12.4 Å². The molecular formula is C16H20ClN3O2. The van der Waals surface area contributed by atoms with Gasteiger partial charge in [-0.25, -0.2) is 0 Å². The first-order chi connectivity index (χ1) is 10.1. The van der Waals surface area contributed by atoms with Crippen LogP contribution < -0.4 is 16.2 Å². The van der Waals surface area contributed by atoms with E-state index < -0.39 is 0 Å². The lowest BCUT2D eigenvalue weighted by Crippen LogP contribution is -2.46. The highest BCUT2D eigenvalue weighted by Crippen LogP contribution is 2.12. The van der Waals surface area contributed by atoms with Gasteiger partial charge in [0.2, 0.25) is 0 Å². The average molecular weight is 322 g/mol. The number of amides is 1. The summed E-state index contributed by atoms with van der Waals surface area (Å²) < 4.78 is 0. The molecule has 22 heavy (non-hydrogen) atoms. The van der Waals surface area contributed by atoms with Gasteiger partial charge in [0, 0.05) is 17.5 Å². The second-order valence-electron chi connectivity index (χ2n) is 5.65. The Balaban J connectivity index is 0.00000176. The van der Waals surface area contributed by atoms with Gasteiger partial charge in [-0.15, -0.1) is 12.4 Å². The molecule has 118 valence electrons. The molecule has 2 unspecified atom stereocenters. The molecule has 0 saturated carbocycles. The summed E-state index contributed by atoms with van der Waals surface area (Å²) in [6, 6.07) is 9.56. The van der Waals surface area contributed by atoms with E-state index in [2.05, 4.69) is 22.5 Å². The lowest BCUT2D eigenvalue weighted by molar-refractivity contribution is 0.0920. The van der Waals surface area contributed by atoms with Crippen molar-refractivity contribution in [3.63, 3.8) is 0 Å². The minimum absolute atomic E-state index is 0. The second-order valence-corrected chi connectivity index (χ2v) is 5.65. The van der Waals surface area contributed by atoms with Crippen molar-refractivity contribution in [2.75, 3.05) is 6.54 Å². The monoisotopic (exact) mass is 321 g/mol. The molecule has 0 spiro atoms. The highest BCUT2D eigenvalue weighted by atomic mass is 35.5. The Kier molecular flexibility index (Phi) is 5.21. The highest BCUT2D eigenvalue weighted by molar-refractivity contribution is 5.96. The maximum atomic E-state index is 12.3. The number of carbonyl (C=O) groups excluding carboxylic acids is 1. The molecule has 1 aromatic carbocycles. The van der Waals surface area contributed by atoms with E-state index in [1.54, 1.807) is 12.1 Å². The molecule has 1 saturated heterocycles. The molecule has 1 aromatic heterocycles. The fraction of sp³-hybridized carbons (Fsp3) is 0.375. The van der Waals surface area contributed by atoms with E-state index in [0.717, 1.165) is 24.8 Å². The van der Waals surface area contributed by atoms with Crippen molar-refractivity contribution in [1.29, 1.82) is 0 Å². The number of H-pyrrole nitrogens is 1. The van der Waals surface area contributed by atoms with Crippen LogP contribution in [-0.4, -0.2) is 29.5 Å². The fourth-order valence-electron chi connectivity index (χ4n) is 2.86. The smallest absolute Gasteiger partial charge is 0.268 e. The molecule has 2 atom stereocenters. The Morgan fingerprint density at radius 2 is 2.09 bits per heavy atom. The Bertz CT molecular complexity index is 729. The average Bonchev–Trinajstić information content (AvgIpc) is 2.47. The van der Waals surface area contributed by atoms with Gasteiger partial charge in [0.25, 0.3) is 11.5 Å². The Morgan fingerprint density at radius 3 is 2.86 bits per heavy atom. The number of nitrogens with one attached hydrogen (secondary N) is 3. The van der Waals surface area contributed by atoms with E-state index in [-0.39, 0.29) is 29.9 Å². The molecule has 0 aliphatic carbocycles. The largest absolute Gasteiger partial charge is 0.348 e. The highest BCUT2D eigenvalue weighted by Gasteiger charge is 2.21. The summed E-state index contributed by atoms with van der Waals surface area (Å²) in [6.45, 7) is 3.01. The van der Waals surface area contributed by atoms with Crippen LogP contribution in [0.1, 0.15) is 30.3 Å². The van der Waals surface area contributed by atoms with Gasteiger partial charge in [-0.3, -0.25) is 9.59 Å². The van der Waals surface area contributed by atoms with Crippen LogP contribution in [0.2, 0.25) is 0 Å². The van der Waals surface area contributed by atoms with Crippen LogP contribution in [0.4, 0.5) is 0 Å². The van der Waals surface area contributed by atoms with E-state index in [1.807, 2.05) is 18.2 Å². The molecule has 3 rings (SSSR count). The predicted octanol–water partition coefficient (Wildman–Crippen LogP) is 1.82. The SMILES string of the molecule is CC1CC(NC(=O)c2cc3ccccc3c(=O)[nH]2)CCN1.Cl. The molecule has 2 heterocycles. The first kappa shape index (κ1) is 16.5. The number of pyridine rings is 1. The van der Waals surface area contributed by atoms with Gasteiger partial charge in [-0.2, -0.15) is 0 Å². The van der Waals surface area contributed by atoms with E-state index in [9.17, 15) is 9.59 Å². The Morgan fingerprint density at radius 1 is 1.32 bits per heavy atom. The predicted molar refractivity (Wildman–Crippen MR) is 89.8 cm³/mol. The summed E-state index contributed by atoms with van der Waals surface area (Å²) in [5.74, 6) is -0.211. The molecule has 0 bridgehead atoms. The number of piperidine rings is 1. The molecule has 1 aliphatic heterocycles.